The molecule has 1 saturated heterocycles. The van der Waals surface area contributed by atoms with Crippen LogP contribution in [0.4, 0.5) is 15.0 Å². The summed E-state index contributed by atoms with van der Waals surface area (Å²) in [6.07, 6.45) is 12.4. The number of likely N-dealkylation sites (tertiary alicyclic amines) is 1. The Morgan fingerprint density at radius 2 is 1.67 bits per heavy atom. The number of nitrogens with one attached hydrogen (secondary N) is 2. The summed E-state index contributed by atoms with van der Waals surface area (Å²) in [5.74, 6) is 0.846. The highest BCUT2D eigenvalue weighted by Gasteiger charge is 2.28. The number of urea groups is 1. The molecule has 2 saturated carbocycles. The molecule has 3 aliphatic rings. The van der Waals surface area contributed by atoms with Crippen molar-refractivity contribution < 1.29 is 14.0 Å². The van der Waals surface area contributed by atoms with E-state index in [1.807, 2.05) is 23.2 Å². The number of benzene rings is 2. The van der Waals surface area contributed by atoms with Crippen molar-refractivity contribution in [1.29, 1.82) is 0 Å². The molecule has 6 nitrogen and oxygen atoms in total. The van der Waals surface area contributed by atoms with Crippen LogP contribution in [0.3, 0.4) is 0 Å². The van der Waals surface area contributed by atoms with E-state index in [9.17, 15) is 14.0 Å². The molecule has 226 valence electrons. The molecule has 3 fully saturated rings. The number of hydrogen-bond donors (Lipinski definition) is 2. The highest BCUT2D eigenvalue weighted by atomic mass is 19.1. The van der Waals surface area contributed by atoms with Gasteiger partial charge in [0.05, 0.1) is 5.56 Å². The lowest BCUT2D eigenvalue weighted by Gasteiger charge is -2.24. The summed E-state index contributed by atoms with van der Waals surface area (Å²) < 4.78 is 14.4. The van der Waals surface area contributed by atoms with Crippen molar-refractivity contribution in [3.05, 3.63) is 95.1 Å². The normalized spacial score (nSPS) is 16.1. The van der Waals surface area contributed by atoms with Crippen LogP contribution in [0, 0.1) is 11.7 Å². The maximum Gasteiger partial charge on any atom is 0.317 e. The maximum absolute atomic E-state index is 14.4. The fraction of sp³-hybridized carbons (Fsp3) is 0.417. The Bertz CT molecular complexity index is 1420. The molecule has 0 unspecified atom stereocenters. The second-order valence-electron chi connectivity index (χ2n) is 12.2. The topological polar surface area (TPSA) is 74.3 Å². The average molecular weight is 583 g/mol. The van der Waals surface area contributed by atoms with Crippen LogP contribution < -0.4 is 10.6 Å². The van der Waals surface area contributed by atoms with Gasteiger partial charge in [0.1, 0.15) is 11.6 Å². The van der Waals surface area contributed by atoms with E-state index >= 15 is 0 Å². The Morgan fingerprint density at radius 1 is 0.953 bits per heavy atom. The van der Waals surface area contributed by atoms with Gasteiger partial charge in [-0.2, -0.15) is 0 Å². The molecule has 1 aromatic heterocycles. The zero-order valence-corrected chi connectivity index (χ0v) is 25.4. The second kappa shape index (κ2) is 14.5. The number of carbonyl (C=O) groups excluding carboxylic acids is 2. The van der Waals surface area contributed by atoms with Gasteiger partial charge in [-0.05, 0) is 91.8 Å². The first-order chi connectivity index (χ1) is 20.9. The Labute approximate surface area is 254 Å². The standard InChI is InChI=1S/C21H21FN2O.C15H22N2O/c22-19-11-16(7-9-18(19)21(25)15-5-2-6-15)17-8-10-20(24-13-17)23-12-14-3-1-4-14;1-12(2)14-7-5-13(6-8-14)11-16-15(18)17-9-3-4-10-17/h7-13,15H,1-6H2,(H,23,24);5-8,12H,3-4,9-11H2,1-2H3,(H,16,18). The lowest BCUT2D eigenvalue weighted by Crippen LogP contribution is -2.37. The minimum atomic E-state index is -0.439. The lowest BCUT2D eigenvalue weighted by atomic mass is 9.79. The third kappa shape index (κ3) is 8.09. The smallest absolute Gasteiger partial charge is 0.317 e. The quantitative estimate of drug-likeness (QED) is 0.261. The van der Waals surface area contributed by atoms with Gasteiger partial charge >= 0.3 is 6.03 Å². The SMILES string of the molecule is CC(C)c1ccc(CNC(=O)N2CCCC2)cc1.O=C(c1ccc(-c2ccc(NC=C3CCC3)nc2)cc1F)C1CCC1. The van der Waals surface area contributed by atoms with Gasteiger partial charge in [-0.1, -0.05) is 56.2 Å². The second-order valence-corrected chi connectivity index (χ2v) is 12.2. The summed E-state index contributed by atoms with van der Waals surface area (Å²) in [6.45, 7) is 6.79. The van der Waals surface area contributed by atoms with E-state index in [1.54, 1.807) is 18.3 Å². The van der Waals surface area contributed by atoms with E-state index in [1.165, 1.54) is 23.6 Å². The molecule has 2 N–H and O–H groups in total. The fourth-order valence-corrected chi connectivity index (χ4v) is 5.37. The number of rotatable bonds is 8. The number of halogens is 1. The zero-order valence-electron chi connectivity index (χ0n) is 25.4. The van der Waals surface area contributed by atoms with Gasteiger partial charge < -0.3 is 15.5 Å². The Morgan fingerprint density at radius 3 is 2.23 bits per heavy atom. The van der Waals surface area contributed by atoms with Crippen molar-refractivity contribution in [1.82, 2.24) is 15.2 Å². The summed E-state index contributed by atoms with van der Waals surface area (Å²) >= 11 is 0. The molecule has 2 aromatic carbocycles. The first-order valence-electron chi connectivity index (χ1n) is 15.7. The summed E-state index contributed by atoms with van der Waals surface area (Å²) in [5, 5.41) is 6.17. The maximum atomic E-state index is 14.4. The van der Waals surface area contributed by atoms with Crippen molar-refractivity contribution in [2.24, 2.45) is 5.92 Å². The van der Waals surface area contributed by atoms with Crippen LogP contribution in [0.2, 0.25) is 0 Å². The Hall–Kier alpha value is -4.00. The molecule has 0 atom stereocenters. The molecule has 2 aliphatic carbocycles. The van der Waals surface area contributed by atoms with Gasteiger partial charge in [0.2, 0.25) is 0 Å². The van der Waals surface area contributed by atoms with Gasteiger partial charge in [0.25, 0.3) is 0 Å². The summed E-state index contributed by atoms with van der Waals surface area (Å²) in [4.78, 5) is 30.3. The summed E-state index contributed by atoms with van der Waals surface area (Å²) in [6, 6.07) is 17.2. The van der Waals surface area contributed by atoms with Gasteiger partial charge in [-0.15, -0.1) is 0 Å². The van der Waals surface area contributed by atoms with E-state index in [-0.39, 0.29) is 23.3 Å². The van der Waals surface area contributed by atoms with Crippen LogP contribution >= 0.6 is 0 Å². The van der Waals surface area contributed by atoms with Crippen LogP contribution in [0.5, 0.6) is 0 Å². The summed E-state index contributed by atoms with van der Waals surface area (Å²) in [7, 11) is 0. The van der Waals surface area contributed by atoms with E-state index in [0.717, 1.165) is 80.5 Å². The number of Topliss-reactive ketones (excluding diaryl/α,β-unsaturated/α-hetero) is 1. The van der Waals surface area contributed by atoms with E-state index < -0.39 is 5.82 Å². The van der Waals surface area contributed by atoms with E-state index in [4.69, 9.17) is 0 Å². The molecule has 43 heavy (non-hydrogen) atoms. The third-order valence-corrected chi connectivity index (χ3v) is 8.71. The molecule has 0 radical (unpaired) electrons. The van der Waals surface area contributed by atoms with Crippen molar-refractivity contribution in [3.8, 4) is 11.1 Å². The van der Waals surface area contributed by atoms with E-state index in [2.05, 4.69) is 53.7 Å². The largest absolute Gasteiger partial charge is 0.347 e. The fourth-order valence-electron chi connectivity index (χ4n) is 5.37. The number of carbonyl (C=O) groups is 2. The molecule has 2 amide bonds. The lowest BCUT2D eigenvalue weighted by molar-refractivity contribution is 0.0851. The highest BCUT2D eigenvalue weighted by Crippen LogP contribution is 2.32. The van der Waals surface area contributed by atoms with Crippen LogP contribution in [-0.4, -0.2) is 34.8 Å². The van der Waals surface area contributed by atoms with Crippen LogP contribution in [0.25, 0.3) is 11.1 Å². The first kappa shape index (κ1) is 30.5. The van der Waals surface area contributed by atoms with E-state index in [0.29, 0.717) is 12.5 Å². The third-order valence-electron chi connectivity index (χ3n) is 8.71. The molecular formula is C36H43FN4O2. The minimum Gasteiger partial charge on any atom is -0.347 e. The van der Waals surface area contributed by atoms with Gasteiger partial charge in [0.15, 0.2) is 5.78 Å². The molecule has 0 bridgehead atoms. The van der Waals surface area contributed by atoms with Crippen molar-refractivity contribution in [2.75, 3.05) is 18.4 Å². The Kier molecular flexibility index (Phi) is 10.2. The number of nitrogens with zero attached hydrogens (tertiary/aromatic N) is 2. The number of ketones is 1. The molecule has 1 aliphatic heterocycles. The predicted octanol–water partition coefficient (Wildman–Crippen LogP) is 8.47. The number of allylic oxidation sites excluding steroid dienone is 1. The minimum absolute atomic E-state index is 0.0113. The average Bonchev–Trinajstić information content (AvgIpc) is 3.50. The number of amides is 2. The molecule has 7 heteroatoms. The van der Waals surface area contributed by atoms with Crippen molar-refractivity contribution >= 4 is 17.6 Å². The first-order valence-corrected chi connectivity index (χ1v) is 15.7. The molecule has 2 heterocycles. The molecule has 6 rings (SSSR count). The molecule has 0 spiro atoms. The number of aromatic nitrogens is 1. The monoisotopic (exact) mass is 582 g/mol. The van der Waals surface area contributed by atoms with Crippen LogP contribution in [0.1, 0.15) is 92.6 Å². The van der Waals surface area contributed by atoms with Crippen LogP contribution in [-0.2, 0) is 6.54 Å². The highest BCUT2D eigenvalue weighted by molar-refractivity contribution is 5.99. The van der Waals surface area contributed by atoms with Crippen molar-refractivity contribution in [3.63, 3.8) is 0 Å². The van der Waals surface area contributed by atoms with Gasteiger partial charge in [0, 0.05) is 43.5 Å². The molecular weight excluding hydrogens is 539 g/mol. The number of anilines is 1. The zero-order chi connectivity index (χ0) is 30.2. The summed E-state index contributed by atoms with van der Waals surface area (Å²) in [5.41, 5.74) is 5.70. The number of pyridine rings is 1. The van der Waals surface area contributed by atoms with Gasteiger partial charge in [-0.3, -0.25) is 4.79 Å². The predicted molar refractivity (Wildman–Crippen MR) is 170 cm³/mol. The molecule has 3 aromatic rings. The van der Waals surface area contributed by atoms with Crippen molar-refractivity contribution in [2.45, 2.75) is 77.7 Å². The Balaban J connectivity index is 0.000000181. The van der Waals surface area contributed by atoms with Crippen LogP contribution in [0.15, 0.2) is 72.6 Å². The number of hydrogen-bond acceptors (Lipinski definition) is 4. The van der Waals surface area contributed by atoms with Gasteiger partial charge in [-0.25, -0.2) is 14.2 Å².